The molecule has 2 fully saturated rings. The third-order valence-electron chi connectivity index (χ3n) is 6.38. The van der Waals surface area contributed by atoms with Gasteiger partial charge < -0.3 is 15.0 Å². The fourth-order valence-electron chi connectivity index (χ4n) is 4.90. The van der Waals surface area contributed by atoms with Crippen molar-refractivity contribution in [3.8, 4) is 0 Å². The van der Waals surface area contributed by atoms with Gasteiger partial charge in [0.05, 0.1) is 23.2 Å². The Hall–Kier alpha value is -1.63. The molecule has 154 valence electrons. The van der Waals surface area contributed by atoms with Crippen LogP contribution in [0.25, 0.3) is 11.0 Å². The van der Waals surface area contributed by atoms with Gasteiger partial charge in [-0.1, -0.05) is 12.1 Å². The molecule has 0 spiro atoms. The van der Waals surface area contributed by atoms with Crippen molar-refractivity contribution in [2.24, 2.45) is 7.05 Å². The van der Waals surface area contributed by atoms with E-state index in [2.05, 4.69) is 35.5 Å². The maximum atomic E-state index is 13.1. The molecule has 28 heavy (non-hydrogen) atoms. The molecule has 0 radical (unpaired) electrons. The summed E-state index contributed by atoms with van der Waals surface area (Å²) in [6.45, 7) is 5.00. The van der Waals surface area contributed by atoms with Gasteiger partial charge >= 0.3 is 5.69 Å². The van der Waals surface area contributed by atoms with Crippen LogP contribution in [-0.2, 0) is 18.2 Å². The number of para-hydroxylation sites is 1. The number of aryl methyl sites for hydroxylation is 2. The van der Waals surface area contributed by atoms with Crippen LogP contribution in [0, 0.1) is 0 Å². The molecule has 1 unspecified atom stereocenters. The lowest BCUT2D eigenvalue weighted by molar-refractivity contribution is 0.0318. The van der Waals surface area contributed by atoms with Gasteiger partial charge in [-0.3, -0.25) is 9.13 Å². The lowest BCUT2D eigenvalue weighted by atomic mass is 10.0. The summed E-state index contributed by atoms with van der Waals surface area (Å²) < 4.78 is 9.96. The number of hydrogen-bond acceptors (Lipinski definition) is 4. The Morgan fingerprint density at radius 3 is 2.79 bits per heavy atom. The van der Waals surface area contributed by atoms with Crippen LogP contribution < -0.4 is 11.0 Å². The molecule has 1 N–H and O–H groups in total. The summed E-state index contributed by atoms with van der Waals surface area (Å²) in [5.74, 6) is 0. The van der Waals surface area contributed by atoms with E-state index in [0.717, 1.165) is 82.3 Å². The topological polar surface area (TPSA) is 51.4 Å². The average Bonchev–Trinajstić information content (AvgIpc) is 2.97. The number of rotatable bonds is 6. The van der Waals surface area contributed by atoms with E-state index in [9.17, 15) is 4.79 Å². The SMILES string of the molecule is CN1CCCC(n2c(=O)n(C)c3c(CCCOC4CCNCC4)cccc32)C1. The maximum absolute atomic E-state index is 13.1. The Labute approximate surface area is 167 Å². The molecule has 3 heterocycles. The Bertz CT molecular complexity index is 850. The first-order valence-electron chi connectivity index (χ1n) is 10.8. The van der Waals surface area contributed by atoms with Crippen LogP contribution in [0.1, 0.15) is 43.7 Å². The van der Waals surface area contributed by atoms with E-state index in [1.807, 2.05) is 16.2 Å². The molecule has 1 aromatic carbocycles. The molecule has 0 aliphatic carbocycles. The third kappa shape index (κ3) is 4.04. The van der Waals surface area contributed by atoms with Crippen LogP contribution in [0.5, 0.6) is 0 Å². The van der Waals surface area contributed by atoms with Gasteiger partial charge in [0, 0.05) is 20.2 Å². The number of likely N-dealkylation sites (N-methyl/N-ethyl adjacent to an activating group) is 1. The molecule has 4 rings (SSSR count). The summed E-state index contributed by atoms with van der Waals surface area (Å²) in [6, 6.07) is 6.66. The van der Waals surface area contributed by atoms with Gasteiger partial charge in [-0.2, -0.15) is 0 Å². The van der Waals surface area contributed by atoms with Crippen LogP contribution in [0.15, 0.2) is 23.0 Å². The van der Waals surface area contributed by atoms with Crippen molar-refractivity contribution in [3.05, 3.63) is 34.2 Å². The Morgan fingerprint density at radius 1 is 1.18 bits per heavy atom. The number of hydrogen-bond donors (Lipinski definition) is 1. The Kier molecular flexibility index (Phi) is 6.19. The number of nitrogens with one attached hydrogen (secondary N) is 1. The largest absolute Gasteiger partial charge is 0.378 e. The van der Waals surface area contributed by atoms with Gasteiger partial charge in [0.15, 0.2) is 0 Å². The molecule has 2 saturated heterocycles. The summed E-state index contributed by atoms with van der Waals surface area (Å²) in [5, 5.41) is 3.38. The first-order valence-corrected chi connectivity index (χ1v) is 10.8. The van der Waals surface area contributed by atoms with E-state index in [1.165, 1.54) is 5.56 Å². The monoisotopic (exact) mass is 386 g/mol. The lowest BCUT2D eigenvalue weighted by Crippen LogP contribution is -2.37. The van der Waals surface area contributed by atoms with Crippen LogP contribution >= 0.6 is 0 Å². The molecule has 0 amide bonds. The molecule has 2 aliphatic rings. The van der Waals surface area contributed by atoms with Crippen LogP contribution in [-0.4, -0.2) is 60.0 Å². The van der Waals surface area contributed by atoms with Crippen LogP contribution in [0.2, 0.25) is 0 Å². The highest BCUT2D eigenvalue weighted by Gasteiger charge is 2.24. The highest BCUT2D eigenvalue weighted by atomic mass is 16.5. The van der Waals surface area contributed by atoms with Crippen molar-refractivity contribution in [1.82, 2.24) is 19.4 Å². The molecule has 1 aromatic heterocycles. The zero-order valence-corrected chi connectivity index (χ0v) is 17.3. The number of benzene rings is 1. The predicted octanol–water partition coefficient (Wildman–Crippen LogP) is 2.31. The molecule has 0 bridgehead atoms. The van der Waals surface area contributed by atoms with Crippen molar-refractivity contribution in [2.75, 3.05) is 39.8 Å². The fraction of sp³-hybridized carbons (Fsp3) is 0.682. The van der Waals surface area contributed by atoms with Gasteiger partial charge in [0.25, 0.3) is 0 Å². The van der Waals surface area contributed by atoms with Crippen LogP contribution in [0.3, 0.4) is 0 Å². The Balaban J connectivity index is 1.50. The summed E-state index contributed by atoms with van der Waals surface area (Å²) >= 11 is 0. The van der Waals surface area contributed by atoms with E-state index in [0.29, 0.717) is 6.10 Å². The molecule has 6 heteroatoms. The minimum absolute atomic E-state index is 0.119. The standard InChI is InChI=1S/C22H34N4O2/c1-24-14-4-8-18(16-24)26-20-9-3-6-17(21(20)25(2)22(26)27)7-5-15-28-19-10-12-23-13-11-19/h3,6,9,18-19,23H,4-5,7-8,10-16H2,1-2H3. The zero-order valence-electron chi connectivity index (χ0n) is 17.3. The molecular weight excluding hydrogens is 352 g/mol. The van der Waals surface area contributed by atoms with Crippen molar-refractivity contribution >= 4 is 11.0 Å². The minimum atomic E-state index is 0.119. The highest BCUT2D eigenvalue weighted by Crippen LogP contribution is 2.26. The Morgan fingerprint density at radius 2 is 2.00 bits per heavy atom. The van der Waals surface area contributed by atoms with Gasteiger partial charge in [-0.05, 0) is 76.8 Å². The van der Waals surface area contributed by atoms with Gasteiger partial charge in [0.2, 0.25) is 0 Å². The van der Waals surface area contributed by atoms with Crippen LogP contribution in [0.4, 0.5) is 0 Å². The highest BCUT2D eigenvalue weighted by molar-refractivity contribution is 5.80. The number of aromatic nitrogens is 2. The van der Waals surface area contributed by atoms with Crippen molar-refractivity contribution in [2.45, 2.75) is 50.7 Å². The van der Waals surface area contributed by atoms with Crippen molar-refractivity contribution < 1.29 is 4.74 Å². The van der Waals surface area contributed by atoms with E-state index in [1.54, 1.807) is 0 Å². The molecule has 2 aromatic rings. The minimum Gasteiger partial charge on any atom is -0.378 e. The molecular formula is C22H34N4O2. The number of ether oxygens (including phenoxy) is 1. The summed E-state index contributed by atoms with van der Waals surface area (Å²) in [5.41, 5.74) is 3.56. The molecule has 2 aliphatic heterocycles. The molecule has 0 saturated carbocycles. The van der Waals surface area contributed by atoms with Crippen molar-refractivity contribution in [1.29, 1.82) is 0 Å². The second kappa shape index (κ2) is 8.80. The summed E-state index contributed by atoms with van der Waals surface area (Å²) in [7, 11) is 4.07. The third-order valence-corrected chi connectivity index (χ3v) is 6.38. The fourth-order valence-corrected chi connectivity index (χ4v) is 4.90. The first-order chi connectivity index (χ1) is 13.6. The quantitative estimate of drug-likeness (QED) is 0.774. The summed E-state index contributed by atoms with van der Waals surface area (Å²) in [4.78, 5) is 15.4. The van der Waals surface area contributed by atoms with Gasteiger partial charge in [0.1, 0.15) is 0 Å². The second-order valence-corrected chi connectivity index (χ2v) is 8.48. The second-order valence-electron chi connectivity index (χ2n) is 8.48. The smallest absolute Gasteiger partial charge is 0.329 e. The summed E-state index contributed by atoms with van der Waals surface area (Å²) in [6.07, 6.45) is 6.81. The first kappa shape index (κ1) is 19.7. The van der Waals surface area contributed by atoms with E-state index >= 15 is 0 Å². The number of fused-ring (bicyclic) bond motifs is 1. The maximum Gasteiger partial charge on any atom is 0.329 e. The van der Waals surface area contributed by atoms with Gasteiger partial charge in [-0.25, -0.2) is 4.79 Å². The number of likely N-dealkylation sites (tertiary alicyclic amines) is 1. The van der Waals surface area contributed by atoms with Gasteiger partial charge in [-0.15, -0.1) is 0 Å². The lowest BCUT2D eigenvalue weighted by Gasteiger charge is -2.30. The number of nitrogens with zero attached hydrogens (tertiary/aromatic N) is 3. The average molecular weight is 387 g/mol. The number of piperidine rings is 2. The zero-order chi connectivity index (χ0) is 19.5. The van der Waals surface area contributed by atoms with E-state index < -0.39 is 0 Å². The van der Waals surface area contributed by atoms with Crippen molar-refractivity contribution in [3.63, 3.8) is 0 Å². The van der Waals surface area contributed by atoms with E-state index in [4.69, 9.17) is 4.74 Å². The number of imidazole rings is 1. The normalized spacial score (nSPS) is 22.1. The molecule has 6 nitrogen and oxygen atoms in total. The molecule has 1 atom stereocenters. The van der Waals surface area contributed by atoms with E-state index in [-0.39, 0.29) is 11.7 Å². The predicted molar refractivity (Wildman–Crippen MR) is 113 cm³/mol.